The lowest BCUT2D eigenvalue weighted by Gasteiger charge is -2.18. The molecule has 114 valence electrons. The lowest BCUT2D eigenvalue weighted by Crippen LogP contribution is -2.27. The zero-order chi connectivity index (χ0) is 15.8. The van der Waals surface area contributed by atoms with Gasteiger partial charge < -0.3 is 5.73 Å². The van der Waals surface area contributed by atoms with Crippen molar-refractivity contribution in [3.05, 3.63) is 40.4 Å². The molecule has 0 spiro atoms. The van der Waals surface area contributed by atoms with E-state index >= 15 is 0 Å². The molecule has 0 saturated carbocycles. The third-order valence-corrected chi connectivity index (χ3v) is 5.37. The van der Waals surface area contributed by atoms with Crippen molar-refractivity contribution in [2.75, 3.05) is 12.8 Å². The average Bonchev–Trinajstić information content (AvgIpc) is 2.79. The lowest BCUT2D eigenvalue weighted by molar-refractivity contribution is 0.466. The fraction of sp³-hybridized carbons (Fsp3) is 0.250. The van der Waals surface area contributed by atoms with E-state index in [0.29, 0.717) is 0 Å². The van der Waals surface area contributed by atoms with Gasteiger partial charge >= 0.3 is 0 Å². The Kier molecular flexibility index (Phi) is 4.35. The van der Waals surface area contributed by atoms with Gasteiger partial charge in [0.05, 0.1) is 16.4 Å². The Hall–Kier alpha value is -1.45. The number of rotatable bonds is 4. The van der Waals surface area contributed by atoms with Crippen LogP contribution in [0.5, 0.6) is 0 Å². The van der Waals surface area contributed by atoms with Gasteiger partial charge in [0.15, 0.2) is 0 Å². The van der Waals surface area contributed by atoms with Gasteiger partial charge in [-0.1, -0.05) is 0 Å². The number of sulfonamides is 1. The maximum absolute atomic E-state index is 13.4. The largest absolute Gasteiger partial charge is 0.398 e. The number of hydrogen-bond donors (Lipinski definition) is 1. The summed E-state index contributed by atoms with van der Waals surface area (Å²) in [4.78, 5) is -0.137. The molecule has 1 heterocycles. The SMILES string of the molecule is CN(Cc1cnn(C)c1)S(=O)(=O)c1cc(Br)c(F)cc1N. The second kappa shape index (κ2) is 5.74. The Morgan fingerprint density at radius 1 is 1.48 bits per heavy atom. The van der Waals surface area contributed by atoms with Crippen molar-refractivity contribution in [3.8, 4) is 0 Å². The predicted octanol–water partition coefficient (Wildman–Crippen LogP) is 1.72. The number of aromatic nitrogens is 2. The third-order valence-electron chi connectivity index (χ3n) is 2.90. The number of benzene rings is 1. The van der Waals surface area contributed by atoms with Gasteiger partial charge in [0.25, 0.3) is 0 Å². The van der Waals surface area contributed by atoms with E-state index < -0.39 is 15.8 Å². The molecule has 6 nitrogen and oxygen atoms in total. The zero-order valence-corrected chi connectivity index (χ0v) is 13.8. The highest BCUT2D eigenvalue weighted by atomic mass is 79.9. The van der Waals surface area contributed by atoms with Crippen LogP contribution in [-0.2, 0) is 23.6 Å². The number of hydrogen-bond acceptors (Lipinski definition) is 4. The number of nitrogens with zero attached hydrogens (tertiary/aromatic N) is 3. The van der Waals surface area contributed by atoms with Gasteiger partial charge in [-0.2, -0.15) is 9.40 Å². The Morgan fingerprint density at radius 3 is 2.71 bits per heavy atom. The fourth-order valence-electron chi connectivity index (χ4n) is 1.83. The van der Waals surface area contributed by atoms with Crippen LogP contribution in [0.15, 0.2) is 33.9 Å². The zero-order valence-electron chi connectivity index (χ0n) is 11.4. The van der Waals surface area contributed by atoms with E-state index in [1.807, 2.05) is 0 Å². The summed E-state index contributed by atoms with van der Waals surface area (Å²) in [5.74, 6) is -0.610. The van der Waals surface area contributed by atoms with Crippen LogP contribution in [0, 0.1) is 5.82 Å². The van der Waals surface area contributed by atoms with E-state index in [1.54, 1.807) is 24.1 Å². The smallest absolute Gasteiger partial charge is 0.245 e. The molecule has 2 N–H and O–H groups in total. The number of aryl methyl sites for hydroxylation is 1. The van der Waals surface area contributed by atoms with Gasteiger partial charge in [0.2, 0.25) is 10.0 Å². The van der Waals surface area contributed by atoms with Gasteiger partial charge in [0, 0.05) is 32.4 Å². The summed E-state index contributed by atoms with van der Waals surface area (Å²) in [5, 5.41) is 3.98. The predicted molar refractivity (Wildman–Crippen MR) is 80.4 cm³/mol. The minimum Gasteiger partial charge on any atom is -0.398 e. The second-order valence-electron chi connectivity index (χ2n) is 4.59. The molecule has 1 aromatic heterocycles. The fourth-order valence-corrected chi connectivity index (χ4v) is 3.60. The quantitative estimate of drug-likeness (QED) is 0.823. The van der Waals surface area contributed by atoms with Gasteiger partial charge in [-0.3, -0.25) is 4.68 Å². The molecule has 0 bridgehead atoms. The summed E-state index contributed by atoms with van der Waals surface area (Å²) in [6.45, 7) is 0.143. The van der Waals surface area contributed by atoms with Crippen LogP contribution in [0.1, 0.15) is 5.56 Å². The molecule has 0 aliphatic heterocycles. The normalized spacial score (nSPS) is 12.0. The van der Waals surface area contributed by atoms with Crippen molar-refractivity contribution in [1.29, 1.82) is 0 Å². The summed E-state index contributed by atoms with van der Waals surface area (Å²) in [7, 11) is -0.650. The molecule has 0 unspecified atom stereocenters. The molecular formula is C12H14BrFN4O2S. The summed E-state index contributed by atoms with van der Waals surface area (Å²) < 4.78 is 41.1. The van der Waals surface area contributed by atoms with Crippen LogP contribution in [0.25, 0.3) is 0 Å². The molecule has 21 heavy (non-hydrogen) atoms. The van der Waals surface area contributed by atoms with Gasteiger partial charge in [0.1, 0.15) is 10.7 Å². The first-order chi connectivity index (χ1) is 9.71. The molecule has 2 rings (SSSR count). The lowest BCUT2D eigenvalue weighted by atomic mass is 10.3. The first kappa shape index (κ1) is 15.9. The van der Waals surface area contributed by atoms with E-state index in [2.05, 4.69) is 21.0 Å². The summed E-state index contributed by atoms with van der Waals surface area (Å²) in [6, 6.07) is 2.15. The van der Waals surface area contributed by atoms with Crippen LogP contribution in [0.4, 0.5) is 10.1 Å². The van der Waals surface area contributed by atoms with Crippen molar-refractivity contribution >= 4 is 31.6 Å². The highest BCUT2D eigenvalue weighted by molar-refractivity contribution is 9.10. The van der Waals surface area contributed by atoms with E-state index in [0.717, 1.165) is 15.9 Å². The van der Waals surface area contributed by atoms with E-state index in [4.69, 9.17) is 5.73 Å². The Labute approximate surface area is 130 Å². The molecule has 2 aromatic rings. The monoisotopic (exact) mass is 376 g/mol. The molecule has 9 heteroatoms. The van der Waals surface area contributed by atoms with Crippen LogP contribution in [0.3, 0.4) is 0 Å². The van der Waals surface area contributed by atoms with Crippen molar-refractivity contribution in [2.45, 2.75) is 11.4 Å². The standard InChI is InChI=1S/C12H14BrFN4O2S/c1-17-6-8(5-16-17)7-18(2)21(19,20)12-3-9(13)10(14)4-11(12)15/h3-6H,7,15H2,1-2H3. The highest BCUT2D eigenvalue weighted by Crippen LogP contribution is 2.28. The third kappa shape index (κ3) is 3.25. The first-order valence-electron chi connectivity index (χ1n) is 5.90. The van der Waals surface area contributed by atoms with Crippen LogP contribution >= 0.6 is 15.9 Å². The maximum atomic E-state index is 13.4. The summed E-state index contributed by atoms with van der Waals surface area (Å²) in [6.07, 6.45) is 3.30. The Bertz CT molecular complexity index is 776. The molecule has 0 atom stereocenters. The Morgan fingerprint density at radius 2 is 2.14 bits per heavy atom. The van der Waals surface area contributed by atoms with E-state index in [-0.39, 0.29) is 21.6 Å². The molecule has 0 aliphatic carbocycles. The molecule has 1 aromatic carbocycles. The number of halogens is 2. The first-order valence-corrected chi connectivity index (χ1v) is 8.13. The molecule has 0 aliphatic rings. The highest BCUT2D eigenvalue weighted by Gasteiger charge is 2.25. The van der Waals surface area contributed by atoms with Gasteiger partial charge in [-0.15, -0.1) is 0 Å². The molecule has 0 radical (unpaired) electrons. The number of nitrogen functional groups attached to an aromatic ring is 1. The molecule has 0 fully saturated rings. The minimum absolute atomic E-state index is 0.0463. The van der Waals surface area contributed by atoms with Crippen LogP contribution in [-0.4, -0.2) is 29.6 Å². The topological polar surface area (TPSA) is 81.2 Å². The summed E-state index contributed by atoms with van der Waals surface area (Å²) in [5.41, 5.74) is 6.24. The average molecular weight is 377 g/mol. The van der Waals surface area contributed by atoms with E-state index in [1.165, 1.54) is 13.1 Å². The summed E-state index contributed by atoms with van der Waals surface area (Å²) >= 11 is 2.97. The van der Waals surface area contributed by atoms with Crippen molar-refractivity contribution < 1.29 is 12.8 Å². The van der Waals surface area contributed by atoms with Gasteiger partial charge in [-0.05, 0) is 28.1 Å². The van der Waals surface area contributed by atoms with Crippen molar-refractivity contribution in [1.82, 2.24) is 14.1 Å². The number of anilines is 1. The minimum atomic E-state index is -3.82. The van der Waals surface area contributed by atoms with Crippen molar-refractivity contribution in [3.63, 3.8) is 0 Å². The Balaban J connectivity index is 2.35. The van der Waals surface area contributed by atoms with Crippen LogP contribution in [0.2, 0.25) is 0 Å². The van der Waals surface area contributed by atoms with Crippen molar-refractivity contribution in [2.24, 2.45) is 7.05 Å². The number of nitrogens with two attached hydrogens (primary N) is 1. The second-order valence-corrected chi connectivity index (χ2v) is 7.46. The van der Waals surface area contributed by atoms with E-state index in [9.17, 15) is 12.8 Å². The molecular weight excluding hydrogens is 363 g/mol. The van der Waals surface area contributed by atoms with Crippen LogP contribution < -0.4 is 5.73 Å². The molecule has 0 amide bonds. The molecule has 0 saturated heterocycles. The maximum Gasteiger partial charge on any atom is 0.245 e. The van der Waals surface area contributed by atoms with Gasteiger partial charge in [-0.25, -0.2) is 12.8 Å².